The fourth-order valence-electron chi connectivity index (χ4n) is 1.97. The van der Waals surface area contributed by atoms with Crippen molar-refractivity contribution in [3.8, 4) is 0 Å². The minimum atomic E-state index is -0.199. The third-order valence-electron chi connectivity index (χ3n) is 3.57. The highest BCUT2D eigenvalue weighted by Crippen LogP contribution is 2.22. The van der Waals surface area contributed by atoms with Crippen molar-refractivity contribution in [2.24, 2.45) is 0 Å². The molecule has 2 saturated carbocycles. The third-order valence-corrected chi connectivity index (χ3v) is 3.57. The number of carbonyl (C=O) groups is 2. The van der Waals surface area contributed by atoms with Gasteiger partial charge in [-0.25, -0.2) is 4.79 Å². The Labute approximate surface area is 118 Å². The monoisotopic (exact) mass is 273 g/mol. The van der Waals surface area contributed by atoms with Gasteiger partial charge in [0.2, 0.25) is 0 Å². The lowest BCUT2D eigenvalue weighted by Gasteiger charge is -2.11. The van der Waals surface area contributed by atoms with Gasteiger partial charge in [0.15, 0.2) is 0 Å². The number of aryl methyl sites for hydroxylation is 1. The number of rotatable bonds is 4. The van der Waals surface area contributed by atoms with Crippen molar-refractivity contribution in [3.05, 3.63) is 29.3 Å². The van der Waals surface area contributed by atoms with Gasteiger partial charge >= 0.3 is 6.03 Å². The molecule has 1 aromatic carbocycles. The molecule has 0 unspecified atom stereocenters. The predicted molar refractivity (Wildman–Crippen MR) is 76.8 cm³/mol. The lowest BCUT2D eigenvalue weighted by atomic mass is 10.1. The normalized spacial score (nSPS) is 17.4. The molecule has 20 heavy (non-hydrogen) atoms. The van der Waals surface area contributed by atoms with Crippen molar-refractivity contribution >= 4 is 17.6 Å². The molecule has 0 aliphatic heterocycles. The molecule has 2 aliphatic carbocycles. The second-order valence-electron chi connectivity index (χ2n) is 5.65. The number of nitrogens with one attached hydrogen (secondary N) is 3. The largest absolute Gasteiger partial charge is 0.349 e. The molecule has 5 nitrogen and oxygen atoms in total. The lowest BCUT2D eigenvalue weighted by molar-refractivity contribution is 0.0951. The zero-order chi connectivity index (χ0) is 14.1. The Bertz CT molecular complexity index is 548. The highest BCUT2D eigenvalue weighted by molar-refractivity contribution is 5.97. The summed E-state index contributed by atoms with van der Waals surface area (Å²) >= 11 is 0. The Hall–Kier alpha value is -2.04. The topological polar surface area (TPSA) is 70.2 Å². The first-order chi connectivity index (χ1) is 9.61. The maximum Gasteiger partial charge on any atom is 0.319 e. The molecule has 2 fully saturated rings. The van der Waals surface area contributed by atoms with Crippen LogP contribution in [-0.2, 0) is 0 Å². The molecule has 0 saturated heterocycles. The van der Waals surface area contributed by atoms with Crippen LogP contribution in [0.4, 0.5) is 10.5 Å². The zero-order valence-corrected chi connectivity index (χ0v) is 11.5. The van der Waals surface area contributed by atoms with Crippen LogP contribution in [0.5, 0.6) is 0 Å². The van der Waals surface area contributed by atoms with E-state index in [1.807, 2.05) is 13.0 Å². The Morgan fingerprint density at radius 2 is 1.70 bits per heavy atom. The molecule has 1 aromatic rings. The highest BCUT2D eigenvalue weighted by atomic mass is 16.2. The fourth-order valence-corrected chi connectivity index (χ4v) is 1.97. The smallest absolute Gasteiger partial charge is 0.319 e. The highest BCUT2D eigenvalue weighted by Gasteiger charge is 2.25. The van der Waals surface area contributed by atoms with Gasteiger partial charge in [0.25, 0.3) is 5.91 Å². The van der Waals surface area contributed by atoms with E-state index in [1.165, 1.54) is 0 Å². The van der Waals surface area contributed by atoms with Gasteiger partial charge in [0.05, 0.1) is 0 Å². The summed E-state index contributed by atoms with van der Waals surface area (Å²) in [6.45, 7) is 1.91. The van der Waals surface area contributed by atoms with Crippen LogP contribution in [0.2, 0.25) is 0 Å². The minimum absolute atomic E-state index is 0.0712. The maximum absolute atomic E-state index is 12.0. The Morgan fingerprint density at radius 1 is 1.05 bits per heavy atom. The molecule has 0 bridgehead atoms. The van der Waals surface area contributed by atoms with Crippen LogP contribution < -0.4 is 16.0 Å². The molecule has 3 amide bonds. The van der Waals surface area contributed by atoms with Crippen molar-refractivity contribution in [1.29, 1.82) is 0 Å². The van der Waals surface area contributed by atoms with Crippen LogP contribution in [-0.4, -0.2) is 24.0 Å². The van der Waals surface area contributed by atoms with Gasteiger partial charge in [0, 0.05) is 23.3 Å². The average Bonchev–Trinajstić information content (AvgIpc) is 3.28. The average molecular weight is 273 g/mol. The van der Waals surface area contributed by atoms with Gasteiger partial charge in [-0.05, 0) is 50.3 Å². The third kappa shape index (κ3) is 3.29. The number of benzene rings is 1. The zero-order valence-electron chi connectivity index (χ0n) is 11.5. The Balaban J connectivity index is 1.68. The number of urea groups is 1. The Morgan fingerprint density at radius 3 is 2.35 bits per heavy atom. The maximum atomic E-state index is 12.0. The Kier molecular flexibility index (Phi) is 3.34. The van der Waals surface area contributed by atoms with E-state index in [4.69, 9.17) is 0 Å². The first-order valence-electron chi connectivity index (χ1n) is 7.11. The van der Waals surface area contributed by atoms with Gasteiger partial charge in [-0.1, -0.05) is 6.07 Å². The first kappa shape index (κ1) is 13.0. The van der Waals surface area contributed by atoms with E-state index in [9.17, 15) is 9.59 Å². The fraction of sp³-hybridized carbons (Fsp3) is 0.467. The van der Waals surface area contributed by atoms with E-state index in [-0.39, 0.29) is 11.9 Å². The molecule has 3 rings (SSSR count). The molecule has 0 heterocycles. The molecule has 3 N–H and O–H groups in total. The SMILES string of the molecule is Cc1ccc(C(=O)NC2CC2)cc1NC(=O)NC1CC1. The molecular weight excluding hydrogens is 254 g/mol. The van der Waals surface area contributed by atoms with Crippen molar-refractivity contribution in [1.82, 2.24) is 10.6 Å². The summed E-state index contributed by atoms with van der Waals surface area (Å²) in [5.74, 6) is -0.0712. The summed E-state index contributed by atoms with van der Waals surface area (Å²) in [6.07, 6.45) is 4.23. The summed E-state index contributed by atoms with van der Waals surface area (Å²) in [7, 11) is 0. The van der Waals surface area contributed by atoms with Crippen molar-refractivity contribution in [2.45, 2.75) is 44.7 Å². The number of hydrogen-bond donors (Lipinski definition) is 3. The number of amides is 3. The molecule has 0 atom stereocenters. The van der Waals surface area contributed by atoms with Crippen molar-refractivity contribution in [3.63, 3.8) is 0 Å². The lowest BCUT2D eigenvalue weighted by Crippen LogP contribution is -2.31. The summed E-state index contributed by atoms with van der Waals surface area (Å²) in [5, 5.41) is 8.63. The van der Waals surface area contributed by atoms with Gasteiger partial charge in [-0.15, -0.1) is 0 Å². The van der Waals surface area contributed by atoms with Crippen LogP contribution in [0.15, 0.2) is 18.2 Å². The quantitative estimate of drug-likeness (QED) is 0.787. The van der Waals surface area contributed by atoms with Gasteiger partial charge < -0.3 is 16.0 Å². The van der Waals surface area contributed by atoms with E-state index in [2.05, 4.69) is 16.0 Å². The summed E-state index contributed by atoms with van der Waals surface area (Å²) in [4.78, 5) is 23.8. The number of hydrogen-bond acceptors (Lipinski definition) is 2. The number of anilines is 1. The van der Waals surface area contributed by atoms with E-state index in [1.54, 1.807) is 12.1 Å². The van der Waals surface area contributed by atoms with Crippen molar-refractivity contribution in [2.75, 3.05) is 5.32 Å². The molecule has 106 valence electrons. The second kappa shape index (κ2) is 5.15. The number of carbonyl (C=O) groups excluding carboxylic acids is 2. The first-order valence-corrected chi connectivity index (χ1v) is 7.11. The van der Waals surface area contributed by atoms with Crippen molar-refractivity contribution < 1.29 is 9.59 Å². The standard InChI is InChI=1S/C15H19N3O2/c1-9-2-3-10(14(19)16-11-4-5-11)8-13(9)18-15(20)17-12-6-7-12/h2-3,8,11-12H,4-7H2,1H3,(H,16,19)(H2,17,18,20). The van der Waals surface area contributed by atoms with Crippen LogP contribution in [0.3, 0.4) is 0 Å². The van der Waals surface area contributed by atoms with E-state index >= 15 is 0 Å². The van der Waals surface area contributed by atoms with Crippen LogP contribution in [0, 0.1) is 6.92 Å². The van der Waals surface area contributed by atoms with Crippen LogP contribution in [0.25, 0.3) is 0 Å². The molecule has 0 radical (unpaired) electrons. The van der Waals surface area contributed by atoms with E-state index < -0.39 is 0 Å². The van der Waals surface area contributed by atoms with Gasteiger partial charge in [-0.3, -0.25) is 4.79 Å². The molecule has 0 aromatic heterocycles. The summed E-state index contributed by atoms with van der Waals surface area (Å²) < 4.78 is 0. The van der Waals surface area contributed by atoms with Crippen LogP contribution in [0.1, 0.15) is 41.6 Å². The summed E-state index contributed by atoms with van der Waals surface area (Å²) in [5.41, 5.74) is 2.22. The minimum Gasteiger partial charge on any atom is -0.349 e. The summed E-state index contributed by atoms with van der Waals surface area (Å²) in [6, 6.07) is 5.83. The molecule has 2 aliphatic rings. The van der Waals surface area contributed by atoms with Crippen LogP contribution >= 0.6 is 0 Å². The molecule has 5 heteroatoms. The second-order valence-corrected chi connectivity index (χ2v) is 5.65. The van der Waals surface area contributed by atoms with Gasteiger partial charge in [0.1, 0.15) is 0 Å². The molecule has 0 spiro atoms. The molecular formula is C15H19N3O2. The van der Waals surface area contributed by atoms with E-state index in [0.29, 0.717) is 23.3 Å². The van der Waals surface area contributed by atoms with E-state index in [0.717, 1.165) is 31.2 Å². The predicted octanol–water partition coefficient (Wildman–Crippen LogP) is 2.17. The van der Waals surface area contributed by atoms with Gasteiger partial charge in [-0.2, -0.15) is 0 Å².